The van der Waals surface area contributed by atoms with E-state index < -0.39 is 10.0 Å². The standard InChI is InChI=1S/C23H29ClN2O4S2/c1-17-5-2-10-26(14-17)32(28,29)22-13-18(8-9-21(22)24)23(27)25(15-19-6-3-11-30-19)16-20-7-4-12-31-20/h4,7-9,12-13,17,19H,2-3,5-6,10-11,14-16H2,1H3. The Hall–Kier alpha value is -1.45. The minimum Gasteiger partial charge on any atom is -0.376 e. The third-order valence-corrected chi connectivity index (χ3v) is 9.29. The largest absolute Gasteiger partial charge is 0.376 e. The zero-order valence-corrected chi connectivity index (χ0v) is 20.6. The molecule has 6 nitrogen and oxygen atoms in total. The number of amides is 1. The zero-order chi connectivity index (χ0) is 22.7. The van der Waals surface area contributed by atoms with Gasteiger partial charge in [-0.1, -0.05) is 24.6 Å². The highest BCUT2D eigenvalue weighted by Gasteiger charge is 2.32. The molecule has 2 aliphatic rings. The predicted octanol–water partition coefficient (Wildman–Crippen LogP) is 4.64. The number of ether oxygens (including phenoxy) is 1. The van der Waals surface area contributed by atoms with Gasteiger partial charge in [-0.25, -0.2) is 8.42 Å². The second kappa shape index (κ2) is 10.2. The van der Waals surface area contributed by atoms with Crippen molar-refractivity contribution >= 4 is 38.9 Å². The van der Waals surface area contributed by atoms with Gasteiger partial charge in [0.05, 0.1) is 17.7 Å². The van der Waals surface area contributed by atoms with Crippen LogP contribution in [0, 0.1) is 5.92 Å². The quantitative estimate of drug-likeness (QED) is 0.560. The molecule has 9 heteroatoms. The lowest BCUT2D eigenvalue weighted by Gasteiger charge is -2.30. The lowest BCUT2D eigenvalue weighted by atomic mass is 10.0. The Labute approximate surface area is 199 Å². The summed E-state index contributed by atoms with van der Waals surface area (Å²) >= 11 is 7.92. The van der Waals surface area contributed by atoms with Crippen molar-refractivity contribution in [2.45, 2.75) is 50.2 Å². The number of nitrogens with zero attached hydrogens (tertiary/aromatic N) is 2. The van der Waals surface area contributed by atoms with Crippen LogP contribution >= 0.6 is 22.9 Å². The Morgan fingerprint density at radius 1 is 1.28 bits per heavy atom. The summed E-state index contributed by atoms with van der Waals surface area (Å²) in [5, 5.41) is 2.13. The third kappa shape index (κ3) is 5.37. The number of sulfonamides is 1. The first-order valence-electron chi connectivity index (χ1n) is 11.1. The maximum Gasteiger partial charge on any atom is 0.254 e. The lowest BCUT2D eigenvalue weighted by molar-refractivity contribution is 0.0509. The molecule has 2 unspecified atom stereocenters. The summed E-state index contributed by atoms with van der Waals surface area (Å²) in [7, 11) is -3.77. The number of rotatable bonds is 7. The van der Waals surface area contributed by atoms with Crippen LogP contribution in [0.3, 0.4) is 0 Å². The molecule has 0 aliphatic carbocycles. The van der Waals surface area contributed by atoms with Crippen LogP contribution in [0.15, 0.2) is 40.6 Å². The van der Waals surface area contributed by atoms with Crippen LogP contribution in [0.1, 0.15) is 47.8 Å². The van der Waals surface area contributed by atoms with Crippen molar-refractivity contribution in [3.8, 4) is 0 Å². The Kier molecular flexibility index (Phi) is 7.57. The van der Waals surface area contributed by atoms with Gasteiger partial charge >= 0.3 is 0 Å². The van der Waals surface area contributed by atoms with Crippen LogP contribution in [0.4, 0.5) is 0 Å². The van der Waals surface area contributed by atoms with E-state index in [0.29, 0.717) is 44.3 Å². The molecule has 3 heterocycles. The summed E-state index contributed by atoms with van der Waals surface area (Å²) < 4.78 is 33.9. The fraction of sp³-hybridized carbons (Fsp3) is 0.522. The van der Waals surface area contributed by atoms with Crippen molar-refractivity contribution in [3.05, 3.63) is 51.2 Å². The van der Waals surface area contributed by atoms with Crippen LogP contribution in [-0.2, 0) is 21.3 Å². The number of carbonyl (C=O) groups excluding carboxylic acids is 1. The fourth-order valence-electron chi connectivity index (χ4n) is 4.36. The van der Waals surface area contributed by atoms with E-state index in [4.69, 9.17) is 16.3 Å². The molecule has 2 aromatic rings. The minimum absolute atomic E-state index is 0.00394. The molecule has 1 amide bonds. The van der Waals surface area contributed by atoms with Gasteiger partial charge in [-0.2, -0.15) is 4.31 Å². The molecule has 0 N–H and O–H groups in total. The molecule has 174 valence electrons. The van der Waals surface area contributed by atoms with Crippen LogP contribution in [-0.4, -0.2) is 55.9 Å². The van der Waals surface area contributed by atoms with Crippen molar-refractivity contribution < 1.29 is 17.9 Å². The second-order valence-electron chi connectivity index (χ2n) is 8.66. The molecule has 0 radical (unpaired) electrons. The van der Waals surface area contributed by atoms with Crippen LogP contribution < -0.4 is 0 Å². The maximum absolute atomic E-state index is 13.5. The van der Waals surface area contributed by atoms with Gasteiger partial charge in [0.1, 0.15) is 4.90 Å². The zero-order valence-electron chi connectivity index (χ0n) is 18.2. The molecule has 0 bridgehead atoms. The van der Waals surface area contributed by atoms with Gasteiger partial charge in [-0.3, -0.25) is 4.79 Å². The molecule has 1 aromatic carbocycles. The van der Waals surface area contributed by atoms with Gasteiger partial charge in [-0.05, 0) is 61.2 Å². The molecule has 2 aliphatic heterocycles. The van der Waals surface area contributed by atoms with Gasteiger partial charge in [-0.15, -0.1) is 11.3 Å². The number of halogens is 1. The van der Waals surface area contributed by atoms with Crippen LogP contribution in [0.5, 0.6) is 0 Å². The van der Waals surface area contributed by atoms with Gasteiger partial charge in [0.2, 0.25) is 10.0 Å². The molecular formula is C23H29ClN2O4S2. The van der Waals surface area contributed by atoms with Gasteiger partial charge in [0.15, 0.2) is 0 Å². The molecule has 0 saturated carbocycles. The maximum atomic E-state index is 13.5. The Bertz CT molecular complexity index is 1040. The van der Waals surface area contributed by atoms with E-state index in [9.17, 15) is 13.2 Å². The van der Waals surface area contributed by atoms with E-state index in [2.05, 4.69) is 6.92 Å². The Balaban J connectivity index is 1.61. The number of thiophene rings is 1. The molecule has 2 atom stereocenters. The van der Waals surface area contributed by atoms with E-state index in [0.717, 1.165) is 30.6 Å². The van der Waals surface area contributed by atoms with Crippen molar-refractivity contribution in [1.29, 1.82) is 0 Å². The van der Waals surface area contributed by atoms with Gasteiger partial charge in [0.25, 0.3) is 5.91 Å². The summed E-state index contributed by atoms with van der Waals surface area (Å²) in [6.45, 7) is 4.65. The first-order chi connectivity index (χ1) is 15.3. The summed E-state index contributed by atoms with van der Waals surface area (Å²) in [5.41, 5.74) is 0.326. The number of hydrogen-bond acceptors (Lipinski definition) is 5. The van der Waals surface area contributed by atoms with Gasteiger partial charge in [0, 0.05) is 36.7 Å². The Morgan fingerprint density at radius 3 is 2.81 bits per heavy atom. The normalized spacial score (nSPS) is 22.2. The monoisotopic (exact) mass is 496 g/mol. The average Bonchev–Trinajstić information content (AvgIpc) is 3.47. The van der Waals surface area contributed by atoms with Crippen molar-refractivity contribution in [2.24, 2.45) is 5.92 Å². The number of hydrogen-bond donors (Lipinski definition) is 0. The van der Waals surface area contributed by atoms with E-state index in [1.54, 1.807) is 22.3 Å². The summed E-state index contributed by atoms with van der Waals surface area (Å²) in [5.74, 6) is 0.0869. The molecule has 1 aromatic heterocycles. The summed E-state index contributed by atoms with van der Waals surface area (Å²) in [6, 6.07) is 8.52. The number of benzene rings is 1. The van der Waals surface area contributed by atoms with Crippen molar-refractivity contribution in [2.75, 3.05) is 26.2 Å². The first-order valence-corrected chi connectivity index (χ1v) is 13.8. The van der Waals surface area contributed by atoms with E-state index in [-0.39, 0.29) is 21.9 Å². The molecular weight excluding hydrogens is 468 g/mol. The number of carbonyl (C=O) groups is 1. The van der Waals surface area contributed by atoms with E-state index >= 15 is 0 Å². The molecule has 0 spiro atoms. The van der Waals surface area contributed by atoms with Crippen molar-refractivity contribution in [3.63, 3.8) is 0 Å². The Morgan fingerprint density at radius 2 is 2.12 bits per heavy atom. The highest BCUT2D eigenvalue weighted by molar-refractivity contribution is 7.89. The van der Waals surface area contributed by atoms with Crippen LogP contribution in [0.25, 0.3) is 0 Å². The summed E-state index contributed by atoms with van der Waals surface area (Å²) in [4.78, 5) is 16.3. The van der Waals surface area contributed by atoms with Crippen LogP contribution in [0.2, 0.25) is 5.02 Å². The van der Waals surface area contributed by atoms with E-state index in [1.165, 1.54) is 16.4 Å². The second-order valence-corrected chi connectivity index (χ2v) is 12.0. The molecule has 4 rings (SSSR count). The lowest BCUT2D eigenvalue weighted by Crippen LogP contribution is -2.39. The van der Waals surface area contributed by atoms with E-state index in [1.807, 2.05) is 17.5 Å². The third-order valence-electron chi connectivity index (χ3n) is 6.08. The average molecular weight is 497 g/mol. The molecule has 2 saturated heterocycles. The SMILES string of the molecule is CC1CCCN(S(=O)(=O)c2cc(C(=O)N(Cc3cccs3)CC3CCCO3)ccc2Cl)C1. The predicted molar refractivity (Wildman–Crippen MR) is 127 cm³/mol. The van der Waals surface area contributed by atoms with Gasteiger partial charge < -0.3 is 9.64 Å². The highest BCUT2D eigenvalue weighted by atomic mass is 35.5. The number of piperidine rings is 1. The fourth-order valence-corrected chi connectivity index (χ4v) is 7.18. The topological polar surface area (TPSA) is 66.9 Å². The molecule has 2 fully saturated rings. The highest BCUT2D eigenvalue weighted by Crippen LogP contribution is 2.30. The minimum atomic E-state index is -3.77. The first kappa shape index (κ1) is 23.7. The van der Waals surface area contributed by atoms with Crippen molar-refractivity contribution in [1.82, 2.24) is 9.21 Å². The smallest absolute Gasteiger partial charge is 0.254 e. The summed E-state index contributed by atoms with van der Waals surface area (Å²) in [6.07, 6.45) is 3.75. The molecule has 32 heavy (non-hydrogen) atoms.